The van der Waals surface area contributed by atoms with E-state index in [1.165, 1.54) is 17.8 Å². The Kier molecular flexibility index (Phi) is 3.47. The van der Waals surface area contributed by atoms with Crippen LogP contribution in [0.25, 0.3) is 0 Å². The van der Waals surface area contributed by atoms with E-state index in [4.69, 9.17) is 11.5 Å². The molecule has 1 aromatic heterocycles. The Balaban J connectivity index is 1.99. The highest BCUT2D eigenvalue weighted by Gasteiger charge is 2.28. The minimum atomic E-state index is -0.666. The zero-order valence-electron chi connectivity index (χ0n) is 10.5. The summed E-state index contributed by atoms with van der Waals surface area (Å²) in [5.41, 5.74) is 12.4. The van der Waals surface area contributed by atoms with Gasteiger partial charge in [0.05, 0.1) is 0 Å². The molecule has 2 aromatic rings. The Morgan fingerprint density at radius 3 is 2.76 bits per heavy atom. The van der Waals surface area contributed by atoms with Crippen LogP contribution in [0.1, 0.15) is 11.6 Å². The second kappa shape index (κ2) is 5.17. The van der Waals surface area contributed by atoms with Gasteiger partial charge in [-0.3, -0.25) is 9.59 Å². The van der Waals surface area contributed by atoms with Gasteiger partial charge in [0.25, 0.3) is 5.56 Å². The van der Waals surface area contributed by atoms with Crippen molar-refractivity contribution in [3.05, 3.63) is 38.6 Å². The number of aromatic amines is 1. The van der Waals surface area contributed by atoms with Gasteiger partial charge >= 0.3 is 0 Å². The van der Waals surface area contributed by atoms with Crippen molar-refractivity contribution in [1.29, 1.82) is 0 Å². The molecular weight excluding hydrogens is 358 g/mol. The number of fused-ring (bicyclic) bond motifs is 1. The molecule has 0 saturated carbocycles. The van der Waals surface area contributed by atoms with Crippen molar-refractivity contribution < 1.29 is 4.79 Å². The number of nitrogens with two attached hydrogens (primary N) is 2. The third-order valence-electron chi connectivity index (χ3n) is 2.93. The lowest BCUT2D eigenvalue weighted by Crippen LogP contribution is -2.19. The summed E-state index contributed by atoms with van der Waals surface area (Å²) in [7, 11) is 0. The molecule has 1 unspecified atom stereocenters. The van der Waals surface area contributed by atoms with Gasteiger partial charge in [-0.25, -0.2) is 4.98 Å². The number of hydrogen-bond donors (Lipinski definition) is 4. The minimum absolute atomic E-state index is 0.147. The van der Waals surface area contributed by atoms with Gasteiger partial charge in [0.15, 0.2) is 5.16 Å². The number of carbonyl (C=O) groups excluding carboxylic acids is 1. The van der Waals surface area contributed by atoms with E-state index in [1.54, 1.807) is 12.1 Å². The SMILES string of the molecule is Nc1cc(=O)[nH]c(Sc2cc3c(cc2Br)C(N)C(=O)N3)n1. The maximum atomic E-state index is 11.6. The molecule has 3 rings (SSSR count). The lowest BCUT2D eigenvalue weighted by Gasteiger charge is -2.08. The number of hydrogen-bond acceptors (Lipinski definition) is 6. The first-order chi connectivity index (χ1) is 9.94. The number of nitrogens with one attached hydrogen (secondary N) is 2. The number of anilines is 2. The summed E-state index contributed by atoms with van der Waals surface area (Å²) in [5.74, 6) is -0.0941. The van der Waals surface area contributed by atoms with Gasteiger partial charge in [0.2, 0.25) is 5.91 Å². The predicted molar refractivity (Wildman–Crippen MR) is 83.1 cm³/mol. The molecule has 1 aromatic carbocycles. The van der Waals surface area contributed by atoms with Crippen LogP contribution >= 0.6 is 27.7 Å². The molecule has 0 spiro atoms. The first-order valence-electron chi connectivity index (χ1n) is 5.88. The van der Waals surface area contributed by atoms with E-state index in [-0.39, 0.29) is 17.3 Å². The monoisotopic (exact) mass is 367 g/mol. The average molecular weight is 368 g/mol. The van der Waals surface area contributed by atoms with Crippen molar-refractivity contribution in [1.82, 2.24) is 9.97 Å². The quantitative estimate of drug-likeness (QED) is 0.591. The summed E-state index contributed by atoms with van der Waals surface area (Å²) in [6.45, 7) is 0. The van der Waals surface area contributed by atoms with Gasteiger partial charge in [-0.2, -0.15) is 0 Å². The molecule has 0 aliphatic carbocycles. The smallest absolute Gasteiger partial charge is 0.253 e. The number of nitrogen functional groups attached to an aromatic ring is 1. The van der Waals surface area contributed by atoms with E-state index in [9.17, 15) is 9.59 Å². The van der Waals surface area contributed by atoms with E-state index in [0.717, 1.165) is 14.9 Å². The second-order valence-electron chi connectivity index (χ2n) is 4.41. The van der Waals surface area contributed by atoms with Crippen LogP contribution < -0.4 is 22.3 Å². The molecule has 1 aliphatic heterocycles. The van der Waals surface area contributed by atoms with Crippen LogP contribution in [-0.2, 0) is 4.79 Å². The number of amides is 1. The molecule has 2 heterocycles. The van der Waals surface area contributed by atoms with Crippen LogP contribution in [-0.4, -0.2) is 15.9 Å². The maximum Gasteiger partial charge on any atom is 0.253 e. The molecule has 9 heteroatoms. The fourth-order valence-corrected chi connectivity index (χ4v) is 3.42. The third kappa shape index (κ3) is 2.67. The summed E-state index contributed by atoms with van der Waals surface area (Å²) in [6.07, 6.45) is 0. The van der Waals surface area contributed by atoms with Gasteiger partial charge < -0.3 is 21.8 Å². The van der Waals surface area contributed by atoms with E-state index < -0.39 is 6.04 Å². The van der Waals surface area contributed by atoms with Gasteiger partial charge in [-0.15, -0.1) is 0 Å². The first kappa shape index (κ1) is 14.1. The number of aromatic nitrogens is 2. The summed E-state index contributed by atoms with van der Waals surface area (Å²) in [5, 5.41) is 3.08. The van der Waals surface area contributed by atoms with Crippen molar-refractivity contribution in [3.8, 4) is 0 Å². The van der Waals surface area contributed by atoms with Gasteiger partial charge in [-0.05, 0) is 28.1 Å². The molecule has 108 valence electrons. The van der Waals surface area contributed by atoms with Crippen molar-refractivity contribution in [2.45, 2.75) is 16.1 Å². The molecular formula is C12H10BrN5O2S. The molecule has 0 bridgehead atoms. The Morgan fingerprint density at radius 1 is 1.29 bits per heavy atom. The molecule has 1 aliphatic rings. The van der Waals surface area contributed by atoms with Crippen molar-refractivity contribution >= 4 is 45.1 Å². The number of H-pyrrole nitrogens is 1. The number of benzene rings is 1. The molecule has 7 nitrogen and oxygen atoms in total. The van der Waals surface area contributed by atoms with E-state index in [1.807, 2.05) is 0 Å². The molecule has 1 atom stereocenters. The molecule has 6 N–H and O–H groups in total. The highest BCUT2D eigenvalue weighted by atomic mass is 79.9. The van der Waals surface area contributed by atoms with Crippen LogP contribution in [0.2, 0.25) is 0 Å². The largest absolute Gasteiger partial charge is 0.383 e. The number of nitrogens with zero attached hydrogens (tertiary/aromatic N) is 1. The summed E-state index contributed by atoms with van der Waals surface area (Å²) in [4.78, 5) is 30.4. The number of rotatable bonds is 2. The van der Waals surface area contributed by atoms with E-state index >= 15 is 0 Å². The zero-order chi connectivity index (χ0) is 15.1. The first-order valence-corrected chi connectivity index (χ1v) is 7.49. The highest BCUT2D eigenvalue weighted by Crippen LogP contribution is 2.39. The van der Waals surface area contributed by atoms with E-state index in [2.05, 4.69) is 31.2 Å². The molecule has 0 saturated heterocycles. The third-order valence-corrected chi connectivity index (χ3v) is 4.79. The molecule has 1 amide bonds. The van der Waals surface area contributed by atoms with Crippen LogP contribution in [0.3, 0.4) is 0 Å². The average Bonchev–Trinajstić information content (AvgIpc) is 2.65. The van der Waals surface area contributed by atoms with E-state index in [0.29, 0.717) is 10.8 Å². The Morgan fingerprint density at radius 2 is 2.05 bits per heavy atom. The Labute approximate surface area is 131 Å². The van der Waals surface area contributed by atoms with Crippen molar-refractivity contribution in [3.63, 3.8) is 0 Å². The van der Waals surface area contributed by atoms with Gasteiger partial charge in [0.1, 0.15) is 11.9 Å². The predicted octanol–water partition coefficient (Wildman–Crippen LogP) is 1.22. The summed E-state index contributed by atoms with van der Waals surface area (Å²) in [6, 6.07) is 4.10. The molecule has 0 radical (unpaired) electrons. The van der Waals surface area contributed by atoms with Crippen LogP contribution in [0, 0.1) is 0 Å². The lowest BCUT2D eigenvalue weighted by molar-refractivity contribution is -0.116. The summed E-state index contributed by atoms with van der Waals surface area (Å²) < 4.78 is 0.753. The molecule has 0 fully saturated rings. The maximum absolute atomic E-state index is 11.6. The van der Waals surface area contributed by atoms with Crippen LogP contribution in [0.5, 0.6) is 0 Å². The Bertz CT molecular complexity index is 807. The van der Waals surface area contributed by atoms with Gasteiger partial charge in [0, 0.05) is 26.7 Å². The topological polar surface area (TPSA) is 127 Å². The fraction of sp³-hybridized carbons (Fsp3) is 0.0833. The fourth-order valence-electron chi connectivity index (χ4n) is 1.97. The lowest BCUT2D eigenvalue weighted by atomic mass is 10.1. The molecule has 21 heavy (non-hydrogen) atoms. The number of halogens is 1. The van der Waals surface area contributed by atoms with Crippen LogP contribution in [0.15, 0.2) is 37.5 Å². The minimum Gasteiger partial charge on any atom is -0.383 e. The second-order valence-corrected chi connectivity index (χ2v) is 6.30. The van der Waals surface area contributed by atoms with Gasteiger partial charge in [-0.1, -0.05) is 11.8 Å². The van der Waals surface area contributed by atoms with Crippen molar-refractivity contribution in [2.24, 2.45) is 5.73 Å². The standard InChI is InChI=1S/C12H10BrN5O2S/c13-5-1-4-6(16-11(20)10(4)15)2-7(5)21-12-17-8(14)3-9(19)18-12/h1-3,10H,15H2,(H,16,20)(H3,14,17,18,19). The Hall–Kier alpha value is -1.84. The number of carbonyl (C=O) groups is 1. The summed E-state index contributed by atoms with van der Waals surface area (Å²) >= 11 is 4.65. The zero-order valence-corrected chi connectivity index (χ0v) is 12.9. The van der Waals surface area contributed by atoms with Crippen molar-refractivity contribution in [2.75, 3.05) is 11.1 Å². The highest BCUT2D eigenvalue weighted by molar-refractivity contribution is 9.10. The van der Waals surface area contributed by atoms with Crippen LogP contribution in [0.4, 0.5) is 11.5 Å². The normalized spacial score (nSPS) is 16.7.